The summed E-state index contributed by atoms with van der Waals surface area (Å²) in [6.07, 6.45) is 24.0. The van der Waals surface area contributed by atoms with E-state index in [1.165, 1.54) is 127 Å². The van der Waals surface area contributed by atoms with Gasteiger partial charge in [-0.1, -0.05) is 84.0 Å². The van der Waals surface area contributed by atoms with E-state index < -0.39 is 9.91 Å². The van der Waals surface area contributed by atoms with Crippen molar-refractivity contribution < 1.29 is 22.4 Å². The molecule has 0 aromatic rings. The second-order valence-corrected chi connectivity index (χ2v) is 11.6. The zero-order chi connectivity index (χ0) is 21.4. The van der Waals surface area contributed by atoms with Crippen molar-refractivity contribution in [3.63, 3.8) is 0 Å². The molecule has 5 nitrogen and oxygen atoms in total. The first-order valence-electron chi connectivity index (χ1n) is 11.7. The Balaban J connectivity index is 0.00000105. The first kappa shape index (κ1) is 28.0. The van der Waals surface area contributed by atoms with E-state index >= 15 is 0 Å². The summed E-state index contributed by atoms with van der Waals surface area (Å²) in [7, 11) is -2.63. The van der Waals surface area contributed by atoms with Crippen LogP contribution in [0.25, 0.3) is 0 Å². The fourth-order valence-electron chi connectivity index (χ4n) is 4.01. The minimum atomic E-state index is -5.10. The lowest BCUT2D eigenvalue weighted by Crippen LogP contribution is -2.41. The largest absolute Gasteiger partial charge is 0.326 e. The maximum Gasteiger partial charge on any atom is 0.183 e. The van der Waals surface area contributed by atoms with Crippen molar-refractivity contribution in [2.75, 3.05) is 32.9 Å². The Morgan fingerprint density at radius 3 is 1.29 bits per heavy atom. The predicted molar refractivity (Wildman–Crippen MR) is 122 cm³/mol. The Bertz CT molecular complexity index is 407. The van der Waals surface area contributed by atoms with Gasteiger partial charge in [-0.3, -0.25) is 13.7 Å². The van der Waals surface area contributed by atoms with E-state index in [0.717, 1.165) is 0 Å². The van der Waals surface area contributed by atoms with Gasteiger partial charge < -0.3 is 4.48 Å². The maximum atomic E-state index is 9.46. The molecule has 1 heterocycles. The average Bonchev–Trinajstić information content (AvgIpc) is 3.00. The summed E-state index contributed by atoms with van der Waals surface area (Å²) in [6, 6.07) is 0. The molecule has 0 aromatic carbocycles. The van der Waals surface area contributed by atoms with Gasteiger partial charge in [0.2, 0.25) is 0 Å². The highest BCUT2D eigenvalue weighted by Crippen LogP contribution is 2.18. The molecule has 0 unspecified atom stereocenters. The van der Waals surface area contributed by atoms with Gasteiger partial charge in [-0.25, -0.2) is 4.21 Å². The van der Waals surface area contributed by atoms with E-state index in [4.69, 9.17) is 13.7 Å². The van der Waals surface area contributed by atoms with Gasteiger partial charge in [0.1, 0.15) is 0 Å². The minimum Gasteiger partial charge on any atom is -0.326 e. The van der Waals surface area contributed by atoms with E-state index in [2.05, 4.69) is 14.0 Å². The van der Waals surface area contributed by atoms with E-state index in [1.54, 1.807) is 0 Å². The number of rotatable bonds is 15. The summed E-state index contributed by atoms with van der Waals surface area (Å²) >= 11 is 0. The van der Waals surface area contributed by atoms with Crippen LogP contribution >= 0.6 is 0 Å². The highest BCUT2D eigenvalue weighted by Gasteiger charge is 2.25. The third kappa shape index (κ3) is 24.0. The van der Waals surface area contributed by atoms with Crippen LogP contribution in [-0.4, -0.2) is 55.3 Å². The number of likely N-dealkylation sites (tertiary alicyclic amines) is 1. The summed E-state index contributed by atoms with van der Waals surface area (Å²) < 4.78 is 33.8. The molecule has 1 aliphatic rings. The van der Waals surface area contributed by atoms with Gasteiger partial charge in [0.25, 0.3) is 0 Å². The summed E-state index contributed by atoms with van der Waals surface area (Å²) in [4.78, 5) is 0. The number of hydrogen-bond acceptors (Lipinski definition) is 1. The minimum absolute atomic E-state index is 0.428. The Morgan fingerprint density at radius 2 is 0.964 bits per heavy atom. The molecule has 0 radical (unpaired) electrons. The topological polar surface area (TPSA) is 77.8 Å². The molecule has 0 spiro atoms. The number of hydrogen-bond donors (Lipinski definition) is 3. The zero-order valence-corrected chi connectivity index (χ0v) is 19.9. The van der Waals surface area contributed by atoms with E-state index in [-0.39, 0.29) is 0 Å². The SMILES string of the molecule is CCCCCCCCCCCCCCCC[N+]1(C)CCCC1.CS(=O)(O)(O)O. The van der Waals surface area contributed by atoms with Crippen LogP contribution in [0.3, 0.4) is 0 Å². The third-order valence-electron chi connectivity index (χ3n) is 5.70. The Labute approximate surface area is 175 Å². The van der Waals surface area contributed by atoms with Crippen molar-refractivity contribution in [2.45, 2.75) is 110 Å². The van der Waals surface area contributed by atoms with Crippen LogP contribution in [0.1, 0.15) is 110 Å². The maximum absolute atomic E-state index is 9.46. The molecule has 1 aliphatic heterocycles. The van der Waals surface area contributed by atoms with Crippen LogP contribution in [-0.2, 0) is 9.91 Å². The first-order chi connectivity index (χ1) is 13.0. The summed E-state index contributed by atoms with van der Waals surface area (Å²) in [5, 5.41) is 0. The van der Waals surface area contributed by atoms with Crippen LogP contribution in [0.2, 0.25) is 0 Å². The van der Waals surface area contributed by atoms with Crippen LogP contribution in [0.4, 0.5) is 0 Å². The zero-order valence-electron chi connectivity index (χ0n) is 19.0. The molecule has 0 aliphatic carbocycles. The normalized spacial score (nSPS) is 17.6. The lowest BCUT2D eigenvalue weighted by molar-refractivity contribution is -0.897. The smallest absolute Gasteiger partial charge is 0.183 e. The van der Waals surface area contributed by atoms with E-state index in [0.29, 0.717) is 6.26 Å². The van der Waals surface area contributed by atoms with Crippen molar-refractivity contribution in [2.24, 2.45) is 0 Å². The van der Waals surface area contributed by atoms with Gasteiger partial charge in [-0.2, -0.15) is 0 Å². The Kier molecular flexibility index (Phi) is 14.9. The molecule has 1 rings (SSSR count). The highest BCUT2D eigenvalue weighted by molar-refractivity contribution is 8.04. The summed E-state index contributed by atoms with van der Waals surface area (Å²) in [5.41, 5.74) is 0. The number of unbranched alkanes of at least 4 members (excludes halogenated alkanes) is 13. The molecule has 0 bridgehead atoms. The lowest BCUT2D eigenvalue weighted by Gasteiger charge is -2.29. The quantitative estimate of drug-likeness (QED) is 0.205. The molecule has 1 fully saturated rings. The van der Waals surface area contributed by atoms with Gasteiger partial charge in [0.05, 0.1) is 32.9 Å². The van der Waals surface area contributed by atoms with Crippen LogP contribution in [0.15, 0.2) is 0 Å². The first-order valence-corrected chi connectivity index (χ1v) is 14.0. The molecule has 28 heavy (non-hydrogen) atoms. The fraction of sp³-hybridized carbons (Fsp3) is 1.00. The highest BCUT2D eigenvalue weighted by atomic mass is 32.3. The molecule has 0 atom stereocenters. The standard InChI is InChI=1S/C21H44N.CH6O4S/c1-3-4-5-6-7-8-9-10-11-12-13-14-15-16-19-22(2)20-17-18-21-22;1-6(2,3,4)5/h3-21H2,1-2H3;1H3,(H3,2,3,4,5)/q+1;. The lowest BCUT2D eigenvalue weighted by atomic mass is 10.0. The van der Waals surface area contributed by atoms with Crippen LogP contribution in [0.5, 0.6) is 0 Å². The second-order valence-electron chi connectivity index (χ2n) is 9.28. The van der Waals surface area contributed by atoms with Gasteiger partial charge in [0, 0.05) is 12.8 Å². The monoisotopic (exact) mass is 424 g/mol. The molecule has 0 aromatic heterocycles. The van der Waals surface area contributed by atoms with Crippen LogP contribution < -0.4 is 0 Å². The Morgan fingerprint density at radius 1 is 0.679 bits per heavy atom. The van der Waals surface area contributed by atoms with Crippen molar-refractivity contribution in [3.8, 4) is 0 Å². The molecule has 6 heteroatoms. The predicted octanol–water partition coefficient (Wildman–Crippen LogP) is 6.56. The third-order valence-corrected chi connectivity index (χ3v) is 5.70. The molecule has 172 valence electrons. The second kappa shape index (κ2) is 14.9. The number of quaternary nitrogens is 1. The molecular formula is C22H50NO4S+. The van der Waals surface area contributed by atoms with E-state index in [1.807, 2.05) is 0 Å². The van der Waals surface area contributed by atoms with Crippen molar-refractivity contribution in [1.82, 2.24) is 0 Å². The molecular weight excluding hydrogens is 374 g/mol. The fourth-order valence-corrected chi connectivity index (χ4v) is 4.01. The van der Waals surface area contributed by atoms with Gasteiger partial charge in [-0.15, -0.1) is 0 Å². The summed E-state index contributed by atoms with van der Waals surface area (Å²) in [6.45, 7) is 6.63. The Hall–Kier alpha value is -0.0100. The van der Waals surface area contributed by atoms with Gasteiger partial charge in [-0.05, 0) is 12.8 Å². The molecule has 0 amide bonds. The average molecular weight is 425 g/mol. The summed E-state index contributed by atoms with van der Waals surface area (Å²) in [5.74, 6) is 0. The molecule has 3 N–H and O–H groups in total. The van der Waals surface area contributed by atoms with Gasteiger partial charge in [0.15, 0.2) is 9.91 Å². The van der Waals surface area contributed by atoms with Crippen LogP contribution in [0, 0.1) is 0 Å². The van der Waals surface area contributed by atoms with Crippen molar-refractivity contribution in [1.29, 1.82) is 0 Å². The number of nitrogens with zero attached hydrogens (tertiary/aromatic N) is 1. The molecule has 0 saturated carbocycles. The van der Waals surface area contributed by atoms with E-state index in [9.17, 15) is 4.21 Å². The van der Waals surface area contributed by atoms with Gasteiger partial charge >= 0.3 is 0 Å². The van der Waals surface area contributed by atoms with Crippen molar-refractivity contribution >= 4 is 9.91 Å². The van der Waals surface area contributed by atoms with Crippen molar-refractivity contribution in [3.05, 3.63) is 0 Å². The molecule has 1 saturated heterocycles.